The molecule has 21 heavy (non-hydrogen) atoms. The maximum Gasteiger partial charge on any atom is 0.335 e. The van der Waals surface area contributed by atoms with Crippen molar-refractivity contribution in [2.45, 2.75) is 26.5 Å². The normalized spacial score (nSPS) is 12.5. The van der Waals surface area contributed by atoms with Gasteiger partial charge in [0.1, 0.15) is 0 Å². The lowest BCUT2D eigenvalue weighted by molar-refractivity contribution is 0.0641. The Labute approximate surface area is 119 Å². The fourth-order valence-corrected chi connectivity index (χ4v) is 2.18. The van der Waals surface area contributed by atoms with Gasteiger partial charge in [0.05, 0.1) is 29.2 Å². The zero-order valence-electron chi connectivity index (χ0n) is 11.8. The van der Waals surface area contributed by atoms with Crippen molar-refractivity contribution < 1.29 is 14.6 Å². The number of hydrogen-bond donors (Lipinski definition) is 2. The number of carbonyl (C=O) groups is 1. The summed E-state index contributed by atoms with van der Waals surface area (Å²) in [7, 11) is 0. The van der Waals surface area contributed by atoms with E-state index in [0.29, 0.717) is 17.6 Å². The highest BCUT2D eigenvalue weighted by molar-refractivity contribution is 5.92. The molecule has 1 atom stereocenters. The fraction of sp³-hybridized carbons (Fsp3) is 0.357. The maximum absolute atomic E-state index is 12.0. The van der Waals surface area contributed by atoms with E-state index in [-0.39, 0.29) is 18.2 Å². The summed E-state index contributed by atoms with van der Waals surface area (Å²) in [6, 6.07) is 4.22. The SMILES string of the molecule is CCOC(C)Cn1c(=O)c(=O)[nH]c2ccc(C(=O)O)cc21. The number of rotatable bonds is 5. The number of nitrogens with one attached hydrogen (secondary N) is 1. The van der Waals surface area contributed by atoms with Crippen molar-refractivity contribution in [3.8, 4) is 0 Å². The summed E-state index contributed by atoms with van der Waals surface area (Å²) in [6.07, 6.45) is -0.272. The fourth-order valence-electron chi connectivity index (χ4n) is 2.18. The van der Waals surface area contributed by atoms with Crippen LogP contribution in [-0.4, -0.2) is 33.3 Å². The minimum absolute atomic E-state index is 0.0479. The molecule has 1 unspecified atom stereocenters. The zero-order valence-corrected chi connectivity index (χ0v) is 11.8. The monoisotopic (exact) mass is 292 g/mol. The predicted octanol–water partition coefficient (Wildman–Crippen LogP) is 0.813. The molecule has 112 valence electrons. The highest BCUT2D eigenvalue weighted by atomic mass is 16.5. The van der Waals surface area contributed by atoms with Gasteiger partial charge < -0.3 is 14.8 Å². The molecule has 1 aromatic carbocycles. The second-order valence-corrected chi connectivity index (χ2v) is 4.67. The molecule has 0 fully saturated rings. The number of hydrogen-bond acceptors (Lipinski definition) is 4. The first-order valence-corrected chi connectivity index (χ1v) is 6.55. The van der Waals surface area contributed by atoms with Crippen LogP contribution in [0.25, 0.3) is 11.0 Å². The van der Waals surface area contributed by atoms with Gasteiger partial charge in [-0.3, -0.25) is 14.2 Å². The first-order chi connectivity index (χ1) is 9.93. The van der Waals surface area contributed by atoms with Crippen molar-refractivity contribution in [3.05, 3.63) is 44.5 Å². The minimum Gasteiger partial charge on any atom is -0.478 e. The van der Waals surface area contributed by atoms with E-state index in [1.165, 1.54) is 22.8 Å². The molecule has 0 aliphatic rings. The third kappa shape index (κ3) is 3.03. The quantitative estimate of drug-likeness (QED) is 0.794. The van der Waals surface area contributed by atoms with Crippen LogP contribution in [-0.2, 0) is 11.3 Å². The van der Waals surface area contributed by atoms with Crippen LogP contribution in [0.2, 0.25) is 0 Å². The molecule has 2 N–H and O–H groups in total. The van der Waals surface area contributed by atoms with Gasteiger partial charge in [-0.2, -0.15) is 0 Å². The van der Waals surface area contributed by atoms with E-state index < -0.39 is 17.1 Å². The Hall–Kier alpha value is -2.41. The van der Waals surface area contributed by atoms with Gasteiger partial charge in [0.2, 0.25) is 0 Å². The lowest BCUT2D eigenvalue weighted by atomic mass is 10.2. The lowest BCUT2D eigenvalue weighted by Gasteiger charge is -2.15. The number of carboxylic acids is 1. The average Bonchev–Trinajstić information content (AvgIpc) is 2.43. The number of H-pyrrole nitrogens is 1. The number of aromatic nitrogens is 2. The van der Waals surface area contributed by atoms with E-state index in [2.05, 4.69) is 4.98 Å². The van der Waals surface area contributed by atoms with Crippen LogP contribution in [0.15, 0.2) is 27.8 Å². The first-order valence-electron chi connectivity index (χ1n) is 6.55. The number of aromatic amines is 1. The van der Waals surface area contributed by atoms with Gasteiger partial charge in [0.15, 0.2) is 0 Å². The Balaban J connectivity index is 2.66. The molecule has 0 bridgehead atoms. The van der Waals surface area contributed by atoms with E-state index in [1.807, 2.05) is 6.92 Å². The van der Waals surface area contributed by atoms with Crippen molar-refractivity contribution in [1.29, 1.82) is 0 Å². The van der Waals surface area contributed by atoms with Crippen molar-refractivity contribution in [2.75, 3.05) is 6.61 Å². The van der Waals surface area contributed by atoms with Crippen molar-refractivity contribution >= 4 is 17.0 Å². The Morgan fingerprint density at radius 1 is 1.43 bits per heavy atom. The van der Waals surface area contributed by atoms with Gasteiger partial charge in [-0.15, -0.1) is 0 Å². The van der Waals surface area contributed by atoms with E-state index >= 15 is 0 Å². The van der Waals surface area contributed by atoms with Crippen LogP contribution in [0.5, 0.6) is 0 Å². The molecular formula is C14H16N2O5. The molecule has 0 saturated heterocycles. The van der Waals surface area contributed by atoms with Crippen LogP contribution in [0.4, 0.5) is 0 Å². The number of ether oxygens (including phenoxy) is 1. The van der Waals surface area contributed by atoms with E-state index in [9.17, 15) is 14.4 Å². The van der Waals surface area contributed by atoms with Crippen LogP contribution >= 0.6 is 0 Å². The van der Waals surface area contributed by atoms with E-state index in [1.54, 1.807) is 6.92 Å². The van der Waals surface area contributed by atoms with Gasteiger partial charge in [-0.05, 0) is 32.0 Å². The molecular weight excluding hydrogens is 276 g/mol. The Kier molecular flexibility index (Phi) is 4.23. The third-order valence-corrected chi connectivity index (χ3v) is 3.11. The van der Waals surface area contributed by atoms with Crippen molar-refractivity contribution in [1.82, 2.24) is 9.55 Å². The summed E-state index contributed by atoms with van der Waals surface area (Å²) in [5.41, 5.74) is -0.642. The summed E-state index contributed by atoms with van der Waals surface area (Å²) in [5.74, 6) is -1.10. The average molecular weight is 292 g/mol. The molecule has 0 spiro atoms. The van der Waals surface area contributed by atoms with Crippen LogP contribution in [0.3, 0.4) is 0 Å². The molecule has 0 aliphatic carbocycles. The smallest absolute Gasteiger partial charge is 0.335 e. The number of benzene rings is 1. The molecule has 0 amide bonds. The summed E-state index contributed by atoms with van der Waals surface area (Å²) < 4.78 is 6.63. The third-order valence-electron chi connectivity index (χ3n) is 3.11. The second kappa shape index (κ2) is 5.92. The first kappa shape index (κ1) is 15.0. The van der Waals surface area contributed by atoms with Crippen LogP contribution in [0.1, 0.15) is 24.2 Å². The minimum atomic E-state index is -1.10. The molecule has 2 aromatic rings. The summed E-state index contributed by atoms with van der Waals surface area (Å²) >= 11 is 0. The molecule has 7 heteroatoms. The molecule has 0 aliphatic heterocycles. The molecule has 1 heterocycles. The van der Waals surface area contributed by atoms with Crippen LogP contribution < -0.4 is 11.1 Å². The zero-order chi connectivity index (χ0) is 15.6. The second-order valence-electron chi connectivity index (χ2n) is 4.67. The van der Waals surface area contributed by atoms with Crippen molar-refractivity contribution in [2.24, 2.45) is 0 Å². The number of fused-ring (bicyclic) bond motifs is 1. The number of nitrogens with zero attached hydrogens (tertiary/aromatic N) is 1. The highest BCUT2D eigenvalue weighted by Crippen LogP contribution is 2.12. The standard InChI is InChI=1S/C14H16N2O5/c1-3-21-8(2)7-16-11-6-9(14(19)20)4-5-10(11)15-12(17)13(16)18/h4-6,8H,3,7H2,1-2H3,(H,15,17)(H,19,20). The summed E-state index contributed by atoms with van der Waals surface area (Å²) in [4.78, 5) is 37.2. The van der Waals surface area contributed by atoms with Gasteiger partial charge in [0.25, 0.3) is 0 Å². The number of carboxylic acid groups (broad SMARTS) is 1. The topological polar surface area (TPSA) is 101 Å². The Morgan fingerprint density at radius 2 is 2.14 bits per heavy atom. The van der Waals surface area contributed by atoms with Gasteiger partial charge in [0, 0.05) is 6.61 Å². The van der Waals surface area contributed by atoms with Crippen LogP contribution in [0, 0.1) is 0 Å². The van der Waals surface area contributed by atoms with Gasteiger partial charge in [-0.1, -0.05) is 0 Å². The Morgan fingerprint density at radius 3 is 2.76 bits per heavy atom. The molecule has 7 nitrogen and oxygen atoms in total. The highest BCUT2D eigenvalue weighted by Gasteiger charge is 2.13. The van der Waals surface area contributed by atoms with E-state index in [4.69, 9.17) is 9.84 Å². The van der Waals surface area contributed by atoms with Gasteiger partial charge in [-0.25, -0.2) is 4.79 Å². The summed E-state index contributed by atoms with van der Waals surface area (Å²) in [5, 5.41) is 9.04. The Bertz CT molecular complexity index is 790. The van der Waals surface area contributed by atoms with Gasteiger partial charge >= 0.3 is 17.1 Å². The molecule has 0 saturated carbocycles. The molecule has 1 aromatic heterocycles. The summed E-state index contributed by atoms with van der Waals surface area (Å²) in [6.45, 7) is 4.27. The maximum atomic E-state index is 12.0. The largest absolute Gasteiger partial charge is 0.478 e. The van der Waals surface area contributed by atoms with E-state index in [0.717, 1.165) is 0 Å². The number of aromatic carboxylic acids is 1. The lowest BCUT2D eigenvalue weighted by Crippen LogP contribution is -2.38. The predicted molar refractivity (Wildman–Crippen MR) is 76.9 cm³/mol. The van der Waals surface area contributed by atoms with Crippen molar-refractivity contribution in [3.63, 3.8) is 0 Å². The molecule has 0 radical (unpaired) electrons. The molecule has 2 rings (SSSR count).